The van der Waals surface area contributed by atoms with Crippen LogP contribution in [0.5, 0.6) is 0 Å². The molecule has 1 atom stereocenters. The van der Waals surface area contributed by atoms with Crippen LogP contribution in [0, 0.1) is 5.92 Å². The van der Waals surface area contributed by atoms with Gasteiger partial charge in [-0.3, -0.25) is 9.59 Å². The van der Waals surface area contributed by atoms with Crippen LogP contribution in [0.4, 0.5) is 0 Å². The molecule has 1 amide bonds. The monoisotopic (exact) mass is 244 g/mol. The SMILES string of the molecule is CC(C)C(CC(=O)O)NC(=O)CNC(C)(C)C. The molecule has 5 heteroatoms. The molecular formula is C12H24N2O3. The summed E-state index contributed by atoms with van der Waals surface area (Å²) in [6, 6.07) is -0.318. The molecule has 0 fully saturated rings. The summed E-state index contributed by atoms with van der Waals surface area (Å²) in [6.07, 6.45) is -0.0427. The van der Waals surface area contributed by atoms with Crippen molar-refractivity contribution in [1.29, 1.82) is 0 Å². The molecule has 0 radical (unpaired) electrons. The maximum Gasteiger partial charge on any atom is 0.305 e. The second kappa shape index (κ2) is 6.59. The molecule has 0 rings (SSSR count). The van der Waals surface area contributed by atoms with Gasteiger partial charge in [-0.25, -0.2) is 0 Å². The van der Waals surface area contributed by atoms with Crippen molar-refractivity contribution in [1.82, 2.24) is 10.6 Å². The normalized spacial score (nSPS) is 13.5. The Hall–Kier alpha value is -1.10. The molecule has 5 nitrogen and oxygen atoms in total. The van der Waals surface area contributed by atoms with Gasteiger partial charge in [-0.2, -0.15) is 0 Å². The van der Waals surface area contributed by atoms with Gasteiger partial charge in [-0.05, 0) is 26.7 Å². The zero-order chi connectivity index (χ0) is 13.6. The van der Waals surface area contributed by atoms with Crippen LogP contribution < -0.4 is 10.6 Å². The fourth-order valence-corrected chi connectivity index (χ4v) is 1.24. The summed E-state index contributed by atoms with van der Waals surface area (Å²) in [5.74, 6) is -0.961. The zero-order valence-electron chi connectivity index (χ0n) is 11.3. The smallest absolute Gasteiger partial charge is 0.305 e. The first kappa shape index (κ1) is 15.9. The summed E-state index contributed by atoms with van der Waals surface area (Å²) >= 11 is 0. The van der Waals surface area contributed by atoms with Gasteiger partial charge in [-0.1, -0.05) is 13.8 Å². The maximum absolute atomic E-state index is 11.6. The molecule has 0 aliphatic rings. The van der Waals surface area contributed by atoms with Crippen molar-refractivity contribution in [3.05, 3.63) is 0 Å². The van der Waals surface area contributed by atoms with Crippen LogP contribution in [-0.4, -0.2) is 35.1 Å². The van der Waals surface area contributed by atoms with Crippen LogP contribution in [0.3, 0.4) is 0 Å². The van der Waals surface area contributed by atoms with E-state index < -0.39 is 5.97 Å². The zero-order valence-corrected chi connectivity index (χ0v) is 11.3. The van der Waals surface area contributed by atoms with Crippen molar-refractivity contribution in [2.45, 2.75) is 52.6 Å². The van der Waals surface area contributed by atoms with Crippen LogP contribution >= 0.6 is 0 Å². The number of amides is 1. The van der Waals surface area contributed by atoms with Gasteiger partial charge < -0.3 is 15.7 Å². The van der Waals surface area contributed by atoms with Gasteiger partial charge in [0.1, 0.15) is 0 Å². The second-order valence-electron chi connectivity index (χ2n) is 5.62. The first-order chi connectivity index (χ1) is 7.61. The first-order valence-electron chi connectivity index (χ1n) is 5.88. The molecule has 0 aliphatic carbocycles. The van der Waals surface area contributed by atoms with Crippen molar-refractivity contribution in [2.75, 3.05) is 6.54 Å². The number of nitrogens with one attached hydrogen (secondary N) is 2. The molecule has 0 aromatic carbocycles. The van der Waals surface area contributed by atoms with E-state index in [2.05, 4.69) is 10.6 Å². The van der Waals surface area contributed by atoms with Crippen molar-refractivity contribution >= 4 is 11.9 Å². The number of carbonyl (C=O) groups excluding carboxylic acids is 1. The third-order valence-corrected chi connectivity index (χ3v) is 2.32. The van der Waals surface area contributed by atoms with E-state index in [1.54, 1.807) is 0 Å². The molecule has 0 aliphatic heterocycles. The van der Waals surface area contributed by atoms with Crippen LogP contribution in [0.25, 0.3) is 0 Å². The molecule has 17 heavy (non-hydrogen) atoms. The maximum atomic E-state index is 11.6. The van der Waals surface area contributed by atoms with Crippen molar-refractivity contribution < 1.29 is 14.7 Å². The number of carbonyl (C=O) groups is 2. The Morgan fingerprint density at radius 2 is 1.76 bits per heavy atom. The van der Waals surface area contributed by atoms with Crippen LogP contribution in [0.2, 0.25) is 0 Å². The first-order valence-corrected chi connectivity index (χ1v) is 5.88. The quantitative estimate of drug-likeness (QED) is 0.651. The van der Waals surface area contributed by atoms with Crippen molar-refractivity contribution in [3.63, 3.8) is 0 Å². The van der Waals surface area contributed by atoms with E-state index in [-0.39, 0.29) is 36.4 Å². The van der Waals surface area contributed by atoms with Gasteiger partial charge >= 0.3 is 5.97 Å². The molecule has 0 aromatic rings. The topological polar surface area (TPSA) is 78.4 Å². The average molecular weight is 244 g/mol. The Balaban J connectivity index is 4.18. The highest BCUT2D eigenvalue weighted by Crippen LogP contribution is 2.06. The lowest BCUT2D eigenvalue weighted by molar-refractivity contribution is -0.138. The van der Waals surface area contributed by atoms with E-state index in [1.165, 1.54) is 0 Å². The molecule has 0 saturated heterocycles. The van der Waals surface area contributed by atoms with Crippen molar-refractivity contribution in [2.24, 2.45) is 5.92 Å². The highest BCUT2D eigenvalue weighted by atomic mass is 16.4. The lowest BCUT2D eigenvalue weighted by atomic mass is 10.0. The third-order valence-electron chi connectivity index (χ3n) is 2.32. The number of aliphatic carboxylic acids is 1. The number of hydrogen-bond donors (Lipinski definition) is 3. The fourth-order valence-electron chi connectivity index (χ4n) is 1.24. The van der Waals surface area contributed by atoms with Gasteiger partial charge in [-0.15, -0.1) is 0 Å². The number of rotatable bonds is 6. The summed E-state index contributed by atoms with van der Waals surface area (Å²) < 4.78 is 0. The molecule has 0 heterocycles. The Kier molecular flexibility index (Phi) is 6.16. The summed E-state index contributed by atoms with van der Waals surface area (Å²) in [5, 5.41) is 14.5. The highest BCUT2D eigenvalue weighted by molar-refractivity contribution is 5.79. The molecule has 0 bridgehead atoms. The molecule has 1 unspecified atom stereocenters. The average Bonchev–Trinajstić information content (AvgIpc) is 2.11. The summed E-state index contributed by atoms with van der Waals surface area (Å²) in [6.45, 7) is 9.90. The lowest BCUT2D eigenvalue weighted by Gasteiger charge is -2.23. The predicted octanol–water partition coefficient (Wildman–Crippen LogP) is 0.990. The number of hydrogen-bond acceptors (Lipinski definition) is 3. The third kappa shape index (κ3) is 8.68. The largest absolute Gasteiger partial charge is 0.481 e. The molecule has 0 aromatic heterocycles. The van der Waals surface area contributed by atoms with Gasteiger partial charge in [0.25, 0.3) is 0 Å². The van der Waals surface area contributed by atoms with Crippen molar-refractivity contribution in [3.8, 4) is 0 Å². The minimum atomic E-state index is -0.896. The Morgan fingerprint density at radius 1 is 1.24 bits per heavy atom. The minimum Gasteiger partial charge on any atom is -0.481 e. The van der Waals surface area contributed by atoms with Gasteiger partial charge in [0, 0.05) is 11.6 Å². The highest BCUT2D eigenvalue weighted by Gasteiger charge is 2.20. The molecular weight excluding hydrogens is 220 g/mol. The summed E-state index contributed by atoms with van der Waals surface area (Å²) in [5.41, 5.74) is -0.128. The molecule has 0 spiro atoms. The van der Waals surface area contributed by atoms with Crippen LogP contribution in [0.15, 0.2) is 0 Å². The van der Waals surface area contributed by atoms with Crippen LogP contribution in [-0.2, 0) is 9.59 Å². The summed E-state index contributed by atoms with van der Waals surface area (Å²) in [7, 11) is 0. The lowest BCUT2D eigenvalue weighted by Crippen LogP contribution is -2.47. The standard InChI is InChI=1S/C12H24N2O3/c1-8(2)9(6-11(16)17)14-10(15)7-13-12(3,4)5/h8-9,13H,6-7H2,1-5H3,(H,14,15)(H,16,17). The van der Waals surface area contributed by atoms with E-state index in [4.69, 9.17) is 5.11 Å². The summed E-state index contributed by atoms with van der Waals surface area (Å²) in [4.78, 5) is 22.3. The second-order valence-corrected chi connectivity index (χ2v) is 5.62. The van der Waals surface area contributed by atoms with E-state index in [0.717, 1.165) is 0 Å². The number of carboxylic acids is 1. The molecule has 3 N–H and O–H groups in total. The number of carboxylic acid groups (broad SMARTS) is 1. The van der Waals surface area contributed by atoms with E-state index in [0.29, 0.717) is 0 Å². The molecule has 0 saturated carbocycles. The molecule has 100 valence electrons. The predicted molar refractivity (Wildman–Crippen MR) is 66.8 cm³/mol. The minimum absolute atomic E-state index is 0.0427. The van der Waals surface area contributed by atoms with E-state index in [9.17, 15) is 9.59 Å². The Morgan fingerprint density at radius 3 is 2.12 bits per heavy atom. The van der Waals surface area contributed by atoms with E-state index in [1.807, 2.05) is 34.6 Å². The van der Waals surface area contributed by atoms with Gasteiger partial charge in [0.2, 0.25) is 5.91 Å². The van der Waals surface area contributed by atoms with Crippen LogP contribution in [0.1, 0.15) is 41.0 Å². The van der Waals surface area contributed by atoms with Gasteiger partial charge in [0.15, 0.2) is 0 Å². The Bertz CT molecular complexity index is 269. The van der Waals surface area contributed by atoms with Gasteiger partial charge in [0.05, 0.1) is 13.0 Å². The fraction of sp³-hybridized carbons (Fsp3) is 0.833. The van der Waals surface area contributed by atoms with E-state index >= 15 is 0 Å². The Labute approximate surface area is 103 Å².